The highest BCUT2D eigenvalue weighted by molar-refractivity contribution is 5.15. The third-order valence-corrected chi connectivity index (χ3v) is 4.02. The van der Waals surface area contributed by atoms with Gasteiger partial charge in [-0.3, -0.25) is 0 Å². The number of aliphatic hydroxyl groups excluding tert-OH is 1. The molecule has 1 heterocycles. The lowest BCUT2D eigenvalue weighted by molar-refractivity contribution is -0.193. The molecule has 1 aliphatic rings. The summed E-state index contributed by atoms with van der Waals surface area (Å²) >= 11 is 0. The van der Waals surface area contributed by atoms with Gasteiger partial charge in [-0.05, 0) is 51.3 Å². The van der Waals surface area contributed by atoms with Crippen molar-refractivity contribution in [2.45, 2.75) is 45.0 Å². The van der Waals surface area contributed by atoms with E-state index in [1.165, 1.54) is 0 Å². The van der Waals surface area contributed by atoms with E-state index in [2.05, 4.69) is 19.2 Å². The highest BCUT2D eigenvalue weighted by Gasteiger charge is 2.33. The Kier molecular flexibility index (Phi) is 4.97. The van der Waals surface area contributed by atoms with Gasteiger partial charge in [0.25, 0.3) is 0 Å². The van der Waals surface area contributed by atoms with E-state index in [0.29, 0.717) is 12.3 Å². The first-order valence-electron chi connectivity index (χ1n) is 7.18. The van der Waals surface area contributed by atoms with Gasteiger partial charge in [0, 0.05) is 6.42 Å². The number of benzene rings is 1. The van der Waals surface area contributed by atoms with E-state index in [1.54, 1.807) is 0 Å². The fourth-order valence-corrected chi connectivity index (χ4v) is 2.82. The summed E-state index contributed by atoms with van der Waals surface area (Å²) in [6.45, 7) is 6.28. The molecule has 106 valence electrons. The molecule has 1 atom stereocenters. The van der Waals surface area contributed by atoms with Crippen molar-refractivity contribution >= 4 is 0 Å². The number of nitrogens with one attached hydrogen (secondary N) is 1. The Hall–Kier alpha value is -0.900. The minimum atomic E-state index is -0.729. The molecule has 0 spiro atoms. The van der Waals surface area contributed by atoms with Crippen molar-refractivity contribution in [1.82, 2.24) is 5.32 Å². The van der Waals surface area contributed by atoms with Gasteiger partial charge in [-0.2, -0.15) is 0 Å². The van der Waals surface area contributed by atoms with E-state index in [1.807, 2.05) is 30.3 Å². The minimum absolute atomic E-state index is 0.268. The van der Waals surface area contributed by atoms with E-state index in [4.69, 9.17) is 4.74 Å². The third-order valence-electron chi connectivity index (χ3n) is 4.02. The van der Waals surface area contributed by atoms with Crippen LogP contribution in [-0.4, -0.2) is 30.1 Å². The van der Waals surface area contributed by atoms with E-state index in [0.717, 1.165) is 31.5 Å². The SMILES string of the molecule is CC(C)(OC(O)Cc1ccccc1)C1CCNCC1. The van der Waals surface area contributed by atoms with Crippen LogP contribution in [0.3, 0.4) is 0 Å². The molecule has 3 nitrogen and oxygen atoms in total. The molecule has 19 heavy (non-hydrogen) atoms. The normalized spacial score (nSPS) is 19.3. The van der Waals surface area contributed by atoms with Crippen molar-refractivity contribution < 1.29 is 9.84 Å². The smallest absolute Gasteiger partial charge is 0.159 e. The Balaban J connectivity index is 1.88. The molecule has 1 saturated heterocycles. The lowest BCUT2D eigenvalue weighted by atomic mass is 9.83. The Morgan fingerprint density at radius 1 is 1.26 bits per heavy atom. The van der Waals surface area contributed by atoms with Crippen LogP contribution in [0.15, 0.2) is 30.3 Å². The lowest BCUT2D eigenvalue weighted by Gasteiger charge is -2.38. The molecule has 1 aromatic carbocycles. The molecule has 0 aliphatic carbocycles. The summed E-state index contributed by atoms with van der Waals surface area (Å²) in [5, 5.41) is 13.5. The molecule has 1 unspecified atom stereocenters. The molecule has 0 aromatic heterocycles. The van der Waals surface area contributed by atoms with Gasteiger partial charge in [-0.15, -0.1) is 0 Å². The van der Waals surface area contributed by atoms with Gasteiger partial charge >= 0.3 is 0 Å². The van der Waals surface area contributed by atoms with Crippen LogP contribution in [0.4, 0.5) is 0 Å². The summed E-state index contributed by atoms with van der Waals surface area (Å²) in [7, 11) is 0. The largest absolute Gasteiger partial charge is 0.368 e. The molecule has 0 bridgehead atoms. The van der Waals surface area contributed by atoms with Crippen molar-refractivity contribution in [1.29, 1.82) is 0 Å². The van der Waals surface area contributed by atoms with E-state index in [9.17, 15) is 5.11 Å². The summed E-state index contributed by atoms with van der Waals surface area (Å²) in [4.78, 5) is 0. The van der Waals surface area contributed by atoms with Crippen LogP contribution < -0.4 is 5.32 Å². The second-order valence-electron chi connectivity index (χ2n) is 5.89. The zero-order valence-corrected chi connectivity index (χ0v) is 11.9. The van der Waals surface area contributed by atoms with Crippen LogP contribution in [0.25, 0.3) is 0 Å². The highest BCUT2D eigenvalue weighted by Crippen LogP contribution is 2.30. The molecule has 0 saturated carbocycles. The van der Waals surface area contributed by atoms with E-state index in [-0.39, 0.29) is 5.60 Å². The standard InChI is InChI=1S/C16H25NO2/c1-16(2,14-8-10-17-11-9-14)19-15(18)12-13-6-4-3-5-7-13/h3-7,14-15,17-18H,8-12H2,1-2H3. The van der Waals surface area contributed by atoms with Crippen LogP contribution in [-0.2, 0) is 11.2 Å². The molecule has 1 fully saturated rings. The number of hydrogen-bond acceptors (Lipinski definition) is 3. The fourth-order valence-electron chi connectivity index (χ4n) is 2.82. The summed E-state index contributed by atoms with van der Waals surface area (Å²) in [5.41, 5.74) is 0.840. The zero-order chi connectivity index (χ0) is 13.7. The topological polar surface area (TPSA) is 41.5 Å². The van der Waals surface area contributed by atoms with Gasteiger partial charge in [0.15, 0.2) is 6.29 Å². The van der Waals surface area contributed by atoms with Crippen molar-refractivity contribution in [3.63, 3.8) is 0 Å². The van der Waals surface area contributed by atoms with Gasteiger partial charge in [0.05, 0.1) is 5.60 Å². The van der Waals surface area contributed by atoms with Crippen molar-refractivity contribution in [3.05, 3.63) is 35.9 Å². The molecule has 2 rings (SSSR count). The van der Waals surface area contributed by atoms with Crippen LogP contribution in [0, 0.1) is 5.92 Å². The number of rotatable bonds is 5. The van der Waals surface area contributed by atoms with Gasteiger partial charge < -0.3 is 15.2 Å². The molecular formula is C16H25NO2. The maximum Gasteiger partial charge on any atom is 0.159 e. The second-order valence-corrected chi connectivity index (χ2v) is 5.89. The number of aliphatic hydroxyl groups is 1. The van der Waals surface area contributed by atoms with E-state index >= 15 is 0 Å². The summed E-state index contributed by atoms with van der Waals surface area (Å²) in [5.74, 6) is 0.513. The monoisotopic (exact) mass is 263 g/mol. The predicted octanol–water partition coefficient (Wildman–Crippen LogP) is 2.34. The average Bonchev–Trinajstić information content (AvgIpc) is 2.40. The number of piperidine rings is 1. The van der Waals surface area contributed by atoms with Crippen molar-refractivity contribution in [3.8, 4) is 0 Å². The first-order valence-corrected chi connectivity index (χ1v) is 7.18. The highest BCUT2D eigenvalue weighted by atomic mass is 16.6. The molecular weight excluding hydrogens is 238 g/mol. The molecule has 1 aromatic rings. The van der Waals surface area contributed by atoms with Gasteiger partial charge in [0.2, 0.25) is 0 Å². The first-order chi connectivity index (χ1) is 9.08. The number of hydrogen-bond donors (Lipinski definition) is 2. The van der Waals surface area contributed by atoms with Crippen LogP contribution in [0.2, 0.25) is 0 Å². The molecule has 3 heteroatoms. The maximum atomic E-state index is 10.1. The minimum Gasteiger partial charge on any atom is -0.368 e. The molecule has 0 radical (unpaired) electrons. The maximum absolute atomic E-state index is 10.1. The Morgan fingerprint density at radius 3 is 2.53 bits per heavy atom. The zero-order valence-electron chi connectivity index (χ0n) is 11.9. The molecule has 1 aliphatic heterocycles. The van der Waals surface area contributed by atoms with Crippen molar-refractivity contribution in [2.75, 3.05) is 13.1 Å². The Bertz CT molecular complexity index is 372. The summed E-state index contributed by atoms with van der Waals surface area (Å²) in [6, 6.07) is 9.99. The molecule has 0 amide bonds. The quantitative estimate of drug-likeness (QED) is 0.801. The first kappa shape index (κ1) is 14.5. The average molecular weight is 263 g/mol. The van der Waals surface area contributed by atoms with Gasteiger partial charge in [-0.1, -0.05) is 30.3 Å². The predicted molar refractivity (Wildman–Crippen MR) is 76.9 cm³/mol. The van der Waals surface area contributed by atoms with Gasteiger partial charge in [0.1, 0.15) is 0 Å². The van der Waals surface area contributed by atoms with Gasteiger partial charge in [-0.25, -0.2) is 0 Å². The summed E-state index contributed by atoms with van der Waals surface area (Å²) < 4.78 is 5.91. The second kappa shape index (κ2) is 6.51. The summed E-state index contributed by atoms with van der Waals surface area (Å²) in [6.07, 6.45) is 2.05. The molecule has 2 N–H and O–H groups in total. The third kappa shape index (κ3) is 4.30. The number of ether oxygens (including phenoxy) is 1. The van der Waals surface area contributed by atoms with Crippen molar-refractivity contribution in [2.24, 2.45) is 5.92 Å². The van der Waals surface area contributed by atoms with Crippen LogP contribution in [0.1, 0.15) is 32.3 Å². The fraction of sp³-hybridized carbons (Fsp3) is 0.625. The van der Waals surface area contributed by atoms with Crippen LogP contribution >= 0.6 is 0 Å². The van der Waals surface area contributed by atoms with Crippen LogP contribution in [0.5, 0.6) is 0 Å². The lowest BCUT2D eigenvalue weighted by Crippen LogP contribution is -2.44. The Labute approximate surface area is 116 Å². The van der Waals surface area contributed by atoms with E-state index < -0.39 is 6.29 Å². The Morgan fingerprint density at radius 2 is 1.89 bits per heavy atom.